The molecule has 0 bridgehead atoms. The molecule has 0 saturated carbocycles. The third-order valence-electron chi connectivity index (χ3n) is 3.83. The van der Waals surface area contributed by atoms with Gasteiger partial charge >= 0.3 is 6.03 Å². The van der Waals surface area contributed by atoms with E-state index in [2.05, 4.69) is 26.1 Å². The first kappa shape index (κ1) is 18.2. The highest BCUT2D eigenvalue weighted by Gasteiger charge is 2.37. The molecular weight excluding hydrogens is 268 g/mol. The van der Waals surface area contributed by atoms with Crippen LogP contribution < -0.4 is 5.32 Å². The van der Waals surface area contributed by atoms with Gasteiger partial charge in [0, 0.05) is 25.6 Å². The zero-order valence-corrected chi connectivity index (χ0v) is 14.4. The van der Waals surface area contributed by atoms with E-state index in [1.54, 1.807) is 18.7 Å². The van der Waals surface area contributed by atoms with Crippen LogP contribution in [0.2, 0.25) is 0 Å². The number of nitrogens with zero attached hydrogens (tertiary/aromatic N) is 1. The number of likely N-dealkylation sites (N-methyl/N-ethyl adjacent to an activating group) is 1. The Kier molecular flexibility index (Phi) is 6.05. The number of amides is 2. The number of carbonyl (C=O) groups excluding carboxylic acids is 1. The number of carbonyl (C=O) groups is 1. The largest absolute Gasteiger partial charge is 0.389 e. The molecule has 0 radical (unpaired) electrons. The Bertz CT molecular complexity index is 344. The molecule has 1 saturated heterocycles. The number of urea groups is 1. The van der Waals surface area contributed by atoms with E-state index in [-0.39, 0.29) is 17.6 Å². The van der Waals surface area contributed by atoms with Crippen LogP contribution in [0.1, 0.15) is 48.0 Å². The molecule has 2 N–H and O–H groups in total. The van der Waals surface area contributed by atoms with Gasteiger partial charge in [-0.15, -0.1) is 0 Å². The van der Waals surface area contributed by atoms with E-state index in [4.69, 9.17) is 4.74 Å². The van der Waals surface area contributed by atoms with E-state index in [0.717, 1.165) is 13.0 Å². The second-order valence-corrected chi connectivity index (χ2v) is 7.72. The quantitative estimate of drug-likeness (QED) is 0.818. The second-order valence-electron chi connectivity index (χ2n) is 7.72. The van der Waals surface area contributed by atoms with Crippen LogP contribution in [0.4, 0.5) is 4.79 Å². The first-order valence-corrected chi connectivity index (χ1v) is 7.91. The van der Waals surface area contributed by atoms with Crippen molar-refractivity contribution in [2.75, 3.05) is 26.2 Å². The highest BCUT2D eigenvalue weighted by atomic mass is 16.5. The Hall–Kier alpha value is -0.810. The van der Waals surface area contributed by atoms with Gasteiger partial charge < -0.3 is 20.1 Å². The van der Waals surface area contributed by atoms with Crippen LogP contribution in [0, 0.1) is 11.3 Å². The molecule has 124 valence electrons. The van der Waals surface area contributed by atoms with Gasteiger partial charge in [-0.25, -0.2) is 4.79 Å². The summed E-state index contributed by atoms with van der Waals surface area (Å²) in [7, 11) is 0. The SMILES string of the molecule is CCN(CC(C)(C)O)C(=O)NC[C@@H]1CCO[C@H]1C(C)(C)C. The van der Waals surface area contributed by atoms with E-state index in [0.29, 0.717) is 25.6 Å². The van der Waals surface area contributed by atoms with Gasteiger partial charge in [-0.3, -0.25) is 0 Å². The van der Waals surface area contributed by atoms with Crippen LogP contribution in [-0.4, -0.2) is 54.0 Å². The highest BCUT2D eigenvalue weighted by Crippen LogP contribution is 2.34. The number of nitrogens with one attached hydrogen (secondary N) is 1. The normalized spacial score (nSPS) is 23.2. The average Bonchev–Trinajstić information content (AvgIpc) is 2.80. The Morgan fingerprint density at radius 3 is 2.43 bits per heavy atom. The van der Waals surface area contributed by atoms with Gasteiger partial charge in [0.15, 0.2) is 0 Å². The number of aliphatic hydroxyl groups is 1. The van der Waals surface area contributed by atoms with Gasteiger partial charge in [-0.1, -0.05) is 20.8 Å². The van der Waals surface area contributed by atoms with Gasteiger partial charge in [0.1, 0.15) is 0 Å². The first-order chi connectivity index (χ1) is 9.54. The minimum atomic E-state index is -0.877. The number of hydrogen-bond acceptors (Lipinski definition) is 3. The van der Waals surface area contributed by atoms with Crippen molar-refractivity contribution in [3.05, 3.63) is 0 Å². The summed E-state index contributed by atoms with van der Waals surface area (Å²) in [4.78, 5) is 13.9. The second kappa shape index (κ2) is 6.97. The van der Waals surface area contributed by atoms with Crippen molar-refractivity contribution in [3.8, 4) is 0 Å². The molecule has 1 rings (SSSR count). The Labute approximate surface area is 129 Å². The molecule has 21 heavy (non-hydrogen) atoms. The molecule has 0 aromatic carbocycles. The van der Waals surface area contributed by atoms with Crippen LogP contribution >= 0.6 is 0 Å². The molecule has 1 aliphatic rings. The summed E-state index contributed by atoms with van der Waals surface area (Å²) in [6, 6.07) is -0.112. The van der Waals surface area contributed by atoms with Crippen LogP contribution in [0.3, 0.4) is 0 Å². The van der Waals surface area contributed by atoms with Crippen molar-refractivity contribution in [2.24, 2.45) is 11.3 Å². The molecule has 1 aliphatic heterocycles. The van der Waals surface area contributed by atoms with E-state index in [1.807, 2.05) is 6.92 Å². The predicted molar refractivity (Wildman–Crippen MR) is 84.2 cm³/mol. The summed E-state index contributed by atoms with van der Waals surface area (Å²) in [5.41, 5.74) is -0.790. The molecule has 1 heterocycles. The topological polar surface area (TPSA) is 61.8 Å². The fraction of sp³-hybridized carbons (Fsp3) is 0.938. The van der Waals surface area contributed by atoms with Gasteiger partial charge in [0.05, 0.1) is 18.2 Å². The van der Waals surface area contributed by atoms with Gasteiger partial charge in [-0.2, -0.15) is 0 Å². The zero-order chi connectivity index (χ0) is 16.3. The minimum absolute atomic E-state index is 0.0867. The van der Waals surface area contributed by atoms with Gasteiger partial charge in [-0.05, 0) is 32.6 Å². The van der Waals surface area contributed by atoms with E-state index >= 15 is 0 Å². The maximum atomic E-state index is 12.2. The van der Waals surface area contributed by atoms with Crippen molar-refractivity contribution < 1.29 is 14.6 Å². The molecule has 0 spiro atoms. The summed E-state index contributed by atoms with van der Waals surface area (Å²) in [6.45, 7) is 14.2. The highest BCUT2D eigenvalue weighted by molar-refractivity contribution is 5.74. The summed E-state index contributed by atoms with van der Waals surface area (Å²) in [6.07, 6.45) is 1.17. The van der Waals surface area contributed by atoms with Crippen molar-refractivity contribution in [1.82, 2.24) is 10.2 Å². The molecule has 0 aliphatic carbocycles. The van der Waals surface area contributed by atoms with E-state index < -0.39 is 5.60 Å². The molecule has 2 amide bonds. The summed E-state index contributed by atoms with van der Waals surface area (Å²) in [5, 5.41) is 12.9. The van der Waals surface area contributed by atoms with Gasteiger partial charge in [0.2, 0.25) is 0 Å². The van der Waals surface area contributed by atoms with Crippen LogP contribution in [0.5, 0.6) is 0 Å². The fourth-order valence-electron chi connectivity index (χ4n) is 2.92. The standard InChI is InChI=1S/C16H32N2O3/c1-7-18(11-16(5,6)20)14(19)17-10-12-8-9-21-13(12)15(2,3)4/h12-13,20H,7-11H2,1-6H3,(H,17,19)/t12-,13+/m0/s1. The maximum Gasteiger partial charge on any atom is 0.317 e. The summed E-state index contributed by atoms with van der Waals surface area (Å²) < 4.78 is 5.82. The van der Waals surface area contributed by atoms with Crippen molar-refractivity contribution in [3.63, 3.8) is 0 Å². The van der Waals surface area contributed by atoms with Gasteiger partial charge in [0.25, 0.3) is 0 Å². The lowest BCUT2D eigenvalue weighted by molar-refractivity contribution is 0.00720. The molecule has 5 heteroatoms. The van der Waals surface area contributed by atoms with Crippen molar-refractivity contribution >= 4 is 6.03 Å². The van der Waals surface area contributed by atoms with Crippen LogP contribution in [0.15, 0.2) is 0 Å². The van der Waals surface area contributed by atoms with Crippen LogP contribution in [0.25, 0.3) is 0 Å². The molecule has 5 nitrogen and oxygen atoms in total. The molecule has 0 aromatic rings. The minimum Gasteiger partial charge on any atom is -0.389 e. The summed E-state index contributed by atoms with van der Waals surface area (Å²) >= 11 is 0. The predicted octanol–water partition coefficient (Wildman–Crippen LogP) is 2.24. The molecule has 1 fully saturated rings. The lowest BCUT2D eigenvalue weighted by Crippen LogP contribution is -2.48. The van der Waals surface area contributed by atoms with Crippen LogP contribution in [-0.2, 0) is 4.74 Å². The molecule has 0 unspecified atom stereocenters. The molecule has 0 aromatic heterocycles. The molecular formula is C16H32N2O3. The van der Waals surface area contributed by atoms with E-state index in [1.165, 1.54) is 0 Å². The zero-order valence-electron chi connectivity index (χ0n) is 14.4. The monoisotopic (exact) mass is 300 g/mol. The average molecular weight is 300 g/mol. The fourth-order valence-corrected chi connectivity index (χ4v) is 2.92. The maximum absolute atomic E-state index is 12.2. The number of rotatable bonds is 5. The van der Waals surface area contributed by atoms with Crippen molar-refractivity contribution in [1.29, 1.82) is 0 Å². The smallest absolute Gasteiger partial charge is 0.317 e. The Balaban J connectivity index is 2.51. The Morgan fingerprint density at radius 1 is 1.33 bits per heavy atom. The number of hydrogen-bond donors (Lipinski definition) is 2. The lowest BCUT2D eigenvalue weighted by atomic mass is 9.81. The first-order valence-electron chi connectivity index (χ1n) is 7.91. The molecule has 2 atom stereocenters. The Morgan fingerprint density at radius 2 is 1.95 bits per heavy atom. The number of ether oxygens (including phenoxy) is 1. The third kappa shape index (κ3) is 5.83. The lowest BCUT2D eigenvalue weighted by Gasteiger charge is -2.32. The van der Waals surface area contributed by atoms with E-state index in [9.17, 15) is 9.90 Å². The summed E-state index contributed by atoms with van der Waals surface area (Å²) in [5.74, 6) is 0.356. The third-order valence-corrected chi connectivity index (χ3v) is 3.83. The van der Waals surface area contributed by atoms with Crippen molar-refractivity contribution in [2.45, 2.75) is 59.7 Å².